The molecule has 2 aromatic heterocycles. The second-order valence-electron chi connectivity index (χ2n) is 6.11. The van der Waals surface area contributed by atoms with Crippen LogP contribution in [0.1, 0.15) is 19.8 Å². The predicted molar refractivity (Wildman–Crippen MR) is 105 cm³/mol. The van der Waals surface area contributed by atoms with Gasteiger partial charge in [-0.15, -0.1) is 0 Å². The summed E-state index contributed by atoms with van der Waals surface area (Å²) in [5.41, 5.74) is 0.123. The number of fused-ring (bicyclic) bond motifs is 1. The SMILES string of the molecule is CCOC(=O)CCCn1c(=O)c2nc(-c3ccccc3)c(Cl)nc2n(C)c1=O. The Bertz CT molecular complexity index is 1140. The summed E-state index contributed by atoms with van der Waals surface area (Å²) in [5.74, 6) is -0.369. The van der Waals surface area contributed by atoms with Gasteiger partial charge in [0.1, 0.15) is 5.69 Å². The van der Waals surface area contributed by atoms with Crippen molar-refractivity contribution in [2.45, 2.75) is 26.3 Å². The smallest absolute Gasteiger partial charge is 0.332 e. The molecule has 0 aliphatic carbocycles. The molecular formula is C19H19ClN4O4. The third-order valence-corrected chi connectivity index (χ3v) is 4.50. The zero-order valence-electron chi connectivity index (χ0n) is 15.5. The first-order chi connectivity index (χ1) is 13.4. The summed E-state index contributed by atoms with van der Waals surface area (Å²) in [6, 6.07) is 9.12. The van der Waals surface area contributed by atoms with E-state index in [1.807, 2.05) is 30.3 Å². The van der Waals surface area contributed by atoms with E-state index in [1.54, 1.807) is 6.92 Å². The molecule has 3 rings (SSSR count). The predicted octanol–water partition coefficient (Wildman–Crippen LogP) is 2.15. The molecule has 0 aliphatic rings. The van der Waals surface area contributed by atoms with E-state index >= 15 is 0 Å². The normalized spacial score (nSPS) is 11.0. The lowest BCUT2D eigenvalue weighted by Gasteiger charge is -2.11. The van der Waals surface area contributed by atoms with Crippen molar-refractivity contribution in [2.24, 2.45) is 7.05 Å². The Kier molecular flexibility index (Phi) is 5.89. The van der Waals surface area contributed by atoms with Crippen molar-refractivity contribution < 1.29 is 9.53 Å². The zero-order chi connectivity index (χ0) is 20.3. The molecular weight excluding hydrogens is 384 g/mol. The maximum absolute atomic E-state index is 12.9. The molecule has 0 N–H and O–H groups in total. The quantitative estimate of drug-likeness (QED) is 0.586. The standard InChI is InChI=1S/C19H19ClN4O4/c1-3-28-13(25)10-7-11-24-18(26)15-17(23(2)19(24)27)22-16(20)14(21-15)12-8-5-4-6-9-12/h4-6,8-9H,3,7,10-11H2,1-2H3. The zero-order valence-corrected chi connectivity index (χ0v) is 16.3. The van der Waals surface area contributed by atoms with Crippen LogP contribution in [0.25, 0.3) is 22.4 Å². The number of hydrogen-bond acceptors (Lipinski definition) is 6. The number of halogens is 1. The number of benzene rings is 1. The van der Waals surface area contributed by atoms with Crippen molar-refractivity contribution in [3.8, 4) is 11.3 Å². The highest BCUT2D eigenvalue weighted by Crippen LogP contribution is 2.25. The van der Waals surface area contributed by atoms with Gasteiger partial charge < -0.3 is 4.74 Å². The fraction of sp³-hybridized carbons (Fsp3) is 0.316. The van der Waals surface area contributed by atoms with E-state index in [9.17, 15) is 14.4 Å². The number of carbonyl (C=O) groups excluding carboxylic acids is 1. The number of rotatable bonds is 6. The highest BCUT2D eigenvalue weighted by atomic mass is 35.5. The van der Waals surface area contributed by atoms with Gasteiger partial charge >= 0.3 is 11.7 Å². The molecule has 0 saturated carbocycles. The van der Waals surface area contributed by atoms with Gasteiger partial charge in [0.2, 0.25) is 0 Å². The molecule has 0 unspecified atom stereocenters. The number of esters is 1. The molecule has 0 atom stereocenters. The molecule has 8 nitrogen and oxygen atoms in total. The number of aryl methyl sites for hydroxylation is 1. The fourth-order valence-electron chi connectivity index (χ4n) is 2.86. The van der Waals surface area contributed by atoms with Crippen molar-refractivity contribution in [2.75, 3.05) is 6.61 Å². The number of hydrogen-bond donors (Lipinski definition) is 0. The van der Waals surface area contributed by atoms with Gasteiger partial charge in [0.15, 0.2) is 16.3 Å². The lowest BCUT2D eigenvalue weighted by atomic mass is 10.1. The molecule has 0 fully saturated rings. The molecule has 0 saturated heterocycles. The summed E-state index contributed by atoms with van der Waals surface area (Å²) in [6.07, 6.45) is 0.412. The van der Waals surface area contributed by atoms with Crippen LogP contribution in [0, 0.1) is 0 Å². The maximum Gasteiger partial charge on any atom is 0.332 e. The Morgan fingerprint density at radius 3 is 2.57 bits per heavy atom. The van der Waals surface area contributed by atoms with Gasteiger partial charge in [-0.05, 0) is 13.3 Å². The molecule has 9 heteroatoms. The molecule has 146 valence electrons. The summed E-state index contributed by atoms with van der Waals surface area (Å²) in [7, 11) is 1.50. The van der Waals surface area contributed by atoms with Crippen LogP contribution in [-0.2, 0) is 23.1 Å². The molecule has 0 bridgehead atoms. The Hall–Kier alpha value is -3.00. The lowest BCUT2D eigenvalue weighted by molar-refractivity contribution is -0.143. The van der Waals surface area contributed by atoms with Crippen LogP contribution in [0.15, 0.2) is 39.9 Å². The number of nitrogens with zero attached hydrogens (tertiary/aromatic N) is 4. The maximum atomic E-state index is 12.9. The monoisotopic (exact) mass is 402 g/mol. The Morgan fingerprint density at radius 2 is 1.89 bits per heavy atom. The van der Waals surface area contributed by atoms with Crippen LogP contribution in [0.2, 0.25) is 5.15 Å². The van der Waals surface area contributed by atoms with Crippen LogP contribution in [0.3, 0.4) is 0 Å². The minimum absolute atomic E-state index is 0.0430. The van der Waals surface area contributed by atoms with Gasteiger partial charge in [-0.25, -0.2) is 14.8 Å². The Balaban J connectivity index is 2.07. The van der Waals surface area contributed by atoms with Crippen molar-refractivity contribution in [1.29, 1.82) is 0 Å². The molecule has 1 aromatic carbocycles. The van der Waals surface area contributed by atoms with Gasteiger partial charge in [0.25, 0.3) is 5.56 Å². The van der Waals surface area contributed by atoms with Crippen molar-refractivity contribution >= 4 is 28.7 Å². The Labute approximate surface area is 165 Å². The summed E-state index contributed by atoms with van der Waals surface area (Å²) in [4.78, 5) is 45.6. The third-order valence-electron chi connectivity index (χ3n) is 4.23. The van der Waals surface area contributed by atoms with E-state index in [1.165, 1.54) is 11.6 Å². The van der Waals surface area contributed by atoms with Crippen molar-refractivity contribution in [1.82, 2.24) is 19.1 Å². The molecule has 28 heavy (non-hydrogen) atoms. The minimum atomic E-state index is -0.566. The second kappa shape index (κ2) is 8.35. The van der Waals surface area contributed by atoms with Crippen molar-refractivity contribution in [3.63, 3.8) is 0 Å². The molecule has 0 spiro atoms. The average molecular weight is 403 g/mol. The van der Waals surface area contributed by atoms with E-state index in [-0.39, 0.29) is 41.9 Å². The third kappa shape index (κ3) is 3.82. The van der Waals surface area contributed by atoms with Gasteiger partial charge in [-0.1, -0.05) is 41.9 Å². The van der Waals surface area contributed by atoms with Crippen LogP contribution in [-0.4, -0.2) is 31.7 Å². The highest BCUT2D eigenvalue weighted by Gasteiger charge is 2.17. The van der Waals surface area contributed by atoms with Crippen LogP contribution < -0.4 is 11.2 Å². The first-order valence-corrected chi connectivity index (χ1v) is 9.20. The number of aromatic nitrogens is 4. The first-order valence-electron chi connectivity index (χ1n) is 8.82. The van der Waals surface area contributed by atoms with E-state index in [0.717, 1.165) is 4.57 Å². The van der Waals surface area contributed by atoms with Gasteiger partial charge in [0, 0.05) is 25.6 Å². The Morgan fingerprint density at radius 1 is 1.18 bits per heavy atom. The van der Waals surface area contributed by atoms with E-state index < -0.39 is 11.2 Å². The van der Waals surface area contributed by atoms with Crippen LogP contribution in [0.4, 0.5) is 0 Å². The van der Waals surface area contributed by atoms with Gasteiger partial charge in [-0.2, -0.15) is 0 Å². The summed E-state index contributed by atoms with van der Waals surface area (Å²) in [6.45, 7) is 2.08. The largest absolute Gasteiger partial charge is 0.466 e. The second-order valence-corrected chi connectivity index (χ2v) is 6.47. The van der Waals surface area contributed by atoms with Crippen molar-refractivity contribution in [3.05, 3.63) is 56.3 Å². The molecule has 2 heterocycles. The average Bonchev–Trinajstić information content (AvgIpc) is 2.69. The lowest BCUT2D eigenvalue weighted by Crippen LogP contribution is -2.40. The van der Waals surface area contributed by atoms with Crippen LogP contribution >= 0.6 is 11.6 Å². The summed E-state index contributed by atoms with van der Waals surface area (Å²) >= 11 is 6.25. The topological polar surface area (TPSA) is 96.1 Å². The molecule has 0 amide bonds. The molecule has 3 aromatic rings. The van der Waals surface area contributed by atoms with Gasteiger partial charge in [-0.3, -0.25) is 18.7 Å². The first kappa shape index (κ1) is 19.8. The molecule has 0 aliphatic heterocycles. The highest BCUT2D eigenvalue weighted by molar-refractivity contribution is 6.32. The minimum Gasteiger partial charge on any atom is -0.466 e. The fourth-order valence-corrected chi connectivity index (χ4v) is 3.09. The number of carbonyl (C=O) groups is 1. The number of ether oxygens (including phenoxy) is 1. The van der Waals surface area contributed by atoms with Gasteiger partial charge in [0.05, 0.1) is 6.61 Å². The summed E-state index contributed by atoms with van der Waals surface area (Å²) < 4.78 is 7.15. The molecule has 0 radical (unpaired) electrons. The van der Waals surface area contributed by atoms with E-state index in [4.69, 9.17) is 16.3 Å². The summed E-state index contributed by atoms with van der Waals surface area (Å²) in [5, 5.41) is 0.105. The van der Waals surface area contributed by atoms with Crippen LogP contribution in [0.5, 0.6) is 0 Å². The van der Waals surface area contributed by atoms with E-state index in [0.29, 0.717) is 17.7 Å². The van der Waals surface area contributed by atoms with E-state index in [2.05, 4.69) is 9.97 Å².